The van der Waals surface area contributed by atoms with Gasteiger partial charge in [0.2, 0.25) is 5.91 Å². The zero-order chi connectivity index (χ0) is 25.7. The van der Waals surface area contributed by atoms with E-state index >= 15 is 0 Å². The van der Waals surface area contributed by atoms with Crippen LogP contribution in [-0.2, 0) is 9.59 Å². The van der Waals surface area contributed by atoms with Crippen LogP contribution in [0.1, 0.15) is 23.3 Å². The molecule has 0 spiro atoms. The van der Waals surface area contributed by atoms with Gasteiger partial charge in [-0.2, -0.15) is 5.26 Å². The minimum absolute atomic E-state index is 0.0784. The molecule has 2 amide bonds. The fraction of sp³-hybridized carbons (Fsp3) is 0.148. The van der Waals surface area contributed by atoms with Crippen molar-refractivity contribution in [2.45, 2.75) is 19.8 Å². The molecule has 4 rings (SSSR count). The molecule has 1 atom stereocenters. The van der Waals surface area contributed by atoms with Gasteiger partial charge in [-0.05, 0) is 55.1 Å². The molecule has 1 aromatic heterocycles. The number of hydrogen-bond donors (Lipinski definition) is 3. The number of aryl methyl sites for hydroxylation is 1. The fourth-order valence-electron chi connectivity index (χ4n) is 3.79. The molecule has 0 bridgehead atoms. The summed E-state index contributed by atoms with van der Waals surface area (Å²) < 4.78 is 0. The van der Waals surface area contributed by atoms with Crippen molar-refractivity contribution in [2.24, 2.45) is 0 Å². The molecule has 0 saturated heterocycles. The van der Waals surface area contributed by atoms with Crippen molar-refractivity contribution in [3.8, 4) is 6.07 Å². The lowest BCUT2D eigenvalue weighted by atomic mass is 9.86. The highest BCUT2D eigenvalue weighted by atomic mass is 35.5. The number of amides is 2. The van der Waals surface area contributed by atoms with Crippen LogP contribution in [0.25, 0.3) is 0 Å². The number of nitrogens with one attached hydrogen (secondary N) is 3. The van der Waals surface area contributed by atoms with Crippen molar-refractivity contribution < 1.29 is 9.59 Å². The zero-order valence-electron chi connectivity index (χ0n) is 19.6. The number of nitrogens with zero attached hydrogens (tertiary/aromatic N) is 1. The Labute approximate surface area is 223 Å². The number of dihydropyridines is 1. The van der Waals surface area contributed by atoms with Gasteiger partial charge < -0.3 is 16.0 Å². The first-order valence-electron chi connectivity index (χ1n) is 11.1. The Hall–Kier alpha value is -3.51. The van der Waals surface area contributed by atoms with Crippen LogP contribution in [-0.4, -0.2) is 17.6 Å². The smallest absolute Gasteiger partial charge is 0.254 e. The Morgan fingerprint density at radius 1 is 1.08 bits per heavy atom. The summed E-state index contributed by atoms with van der Waals surface area (Å²) in [6.07, 6.45) is 0. The molecule has 0 unspecified atom stereocenters. The lowest BCUT2D eigenvalue weighted by molar-refractivity contribution is -0.114. The maximum absolute atomic E-state index is 13.4. The highest BCUT2D eigenvalue weighted by molar-refractivity contribution is 8.03. The monoisotopic (exact) mass is 534 g/mol. The van der Waals surface area contributed by atoms with Crippen LogP contribution < -0.4 is 16.0 Å². The quantitative estimate of drug-likeness (QED) is 0.325. The van der Waals surface area contributed by atoms with Crippen LogP contribution in [0.5, 0.6) is 0 Å². The molecular formula is C27H23ClN4O2S2. The predicted molar refractivity (Wildman–Crippen MR) is 148 cm³/mol. The van der Waals surface area contributed by atoms with Crippen molar-refractivity contribution in [3.05, 3.63) is 103 Å². The molecule has 0 radical (unpaired) electrons. The summed E-state index contributed by atoms with van der Waals surface area (Å²) in [6.45, 7) is 3.70. The van der Waals surface area contributed by atoms with Gasteiger partial charge >= 0.3 is 0 Å². The summed E-state index contributed by atoms with van der Waals surface area (Å²) in [4.78, 5) is 26.9. The number of carbonyl (C=O) groups is 2. The van der Waals surface area contributed by atoms with Crippen LogP contribution in [0.4, 0.5) is 11.4 Å². The topological polar surface area (TPSA) is 94.0 Å². The summed E-state index contributed by atoms with van der Waals surface area (Å²) in [5, 5.41) is 22.2. The number of halogens is 1. The second-order valence-corrected chi connectivity index (χ2v) is 10.5. The van der Waals surface area contributed by atoms with Crippen LogP contribution in [0, 0.1) is 18.3 Å². The molecule has 0 aliphatic carbocycles. The van der Waals surface area contributed by atoms with Crippen molar-refractivity contribution in [2.75, 3.05) is 16.4 Å². The number of benzene rings is 2. The van der Waals surface area contributed by atoms with Crippen LogP contribution in [0.15, 0.2) is 87.9 Å². The third kappa shape index (κ3) is 5.82. The molecule has 2 aromatic carbocycles. The molecule has 3 N–H and O–H groups in total. The van der Waals surface area contributed by atoms with E-state index in [0.717, 1.165) is 10.4 Å². The van der Waals surface area contributed by atoms with E-state index in [1.807, 2.05) is 67.8 Å². The molecule has 0 saturated carbocycles. The van der Waals surface area contributed by atoms with Crippen molar-refractivity contribution >= 4 is 57.9 Å². The Morgan fingerprint density at radius 3 is 2.53 bits per heavy atom. The maximum atomic E-state index is 13.4. The van der Waals surface area contributed by atoms with Gasteiger partial charge in [-0.3, -0.25) is 9.59 Å². The molecule has 0 fully saturated rings. The number of allylic oxidation sites excluding steroid dienone is 2. The van der Waals surface area contributed by atoms with Gasteiger partial charge in [-0.25, -0.2) is 0 Å². The summed E-state index contributed by atoms with van der Waals surface area (Å²) in [7, 11) is 0. The van der Waals surface area contributed by atoms with Crippen LogP contribution in [0.3, 0.4) is 0 Å². The van der Waals surface area contributed by atoms with Gasteiger partial charge in [0.05, 0.1) is 28.3 Å². The molecule has 3 aromatic rings. The van der Waals surface area contributed by atoms with Gasteiger partial charge in [0.1, 0.15) is 0 Å². The lowest BCUT2D eigenvalue weighted by Gasteiger charge is -2.29. The van der Waals surface area contributed by atoms with Gasteiger partial charge in [-0.15, -0.1) is 11.3 Å². The largest absolute Gasteiger partial charge is 0.353 e. The van der Waals surface area contributed by atoms with E-state index in [4.69, 9.17) is 11.6 Å². The number of thioether (sulfide) groups is 1. The van der Waals surface area contributed by atoms with Crippen molar-refractivity contribution in [1.29, 1.82) is 5.26 Å². The van der Waals surface area contributed by atoms with Gasteiger partial charge in [0.25, 0.3) is 5.91 Å². The Bertz CT molecular complexity index is 1390. The van der Waals surface area contributed by atoms with Gasteiger partial charge in [0.15, 0.2) is 0 Å². The predicted octanol–water partition coefficient (Wildman–Crippen LogP) is 6.42. The fourth-order valence-corrected chi connectivity index (χ4v) is 5.71. The molecule has 6 nitrogen and oxygen atoms in total. The third-order valence-electron chi connectivity index (χ3n) is 5.55. The summed E-state index contributed by atoms with van der Waals surface area (Å²) in [6, 6.07) is 20.6. The second-order valence-electron chi connectivity index (χ2n) is 8.09. The summed E-state index contributed by atoms with van der Waals surface area (Å²) >= 11 is 8.87. The first-order valence-corrected chi connectivity index (χ1v) is 13.3. The summed E-state index contributed by atoms with van der Waals surface area (Å²) in [5.41, 5.74) is 3.71. The molecule has 182 valence electrons. The number of thiophene rings is 1. The number of anilines is 2. The third-order valence-corrected chi connectivity index (χ3v) is 7.92. The molecule has 2 heterocycles. The Balaban J connectivity index is 1.57. The average Bonchev–Trinajstić information content (AvgIpc) is 3.40. The van der Waals surface area contributed by atoms with Gasteiger partial charge in [0, 0.05) is 32.5 Å². The highest BCUT2D eigenvalue weighted by Crippen LogP contribution is 2.42. The van der Waals surface area contributed by atoms with Crippen LogP contribution >= 0.6 is 34.7 Å². The molecule has 9 heteroatoms. The average molecular weight is 535 g/mol. The van der Waals surface area contributed by atoms with Crippen molar-refractivity contribution in [1.82, 2.24) is 5.32 Å². The highest BCUT2D eigenvalue weighted by Gasteiger charge is 2.35. The molecule has 1 aliphatic rings. The van der Waals surface area contributed by atoms with E-state index < -0.39 is 5.92 Å². The van der Waals surface area contributed by atoms with E-state index in [1.165, 1.54) is 23.1 Å². The first-order chi connectivity index (χ1) is 17.4. The minimum Gasteiger partial charge on any atom is -0.353 e. The van der Waals surface area contributed by atoms with Crippen LogP contribution in [0.2, 0.25) is 5.02 Å². The Morgan fingerprint density at radius 2 is 1.86 bits per heavy atom. The minimum atomic E-state index is -0.540. The zero-order valence-corrected chi connectivity index (χ0v) is 22.0. The van der Waals surface area contributed by atoms with Crippen molar-refractivity contribution in [3.63, 3.8) is 0 Å². The number of hydrogen-bond acceptors (Lipinski definition) is 6. The second kappa shape index (κ2) is 11.5. The number of para-hydroxylation sites is 1. The maximum Gasteiger partial charge on any atom is 0.254 e. The first kappa shape index (κ1) is 25.6. The molecule has 1 aliphatic heterocycles. The van der Waals surface area contributed by atoms with E-state index in [1.54, 1.807) is 12.1 Å². The molecular weight excluding hydrogens is 512 g/mol. The lowest BCUT2D eigenvalue weighted by Crippen LogP contribution is -2.30. The van der Waals surface area contributed by atoms with E-state index in [-0.39, 0.29) is 17.6 Å². The number of nitriles is 1. The number of carbonyl (C=O) groups excluding carboxylic acids is 2. The normalized spacial score (nSPS) is 15.2. The Kier molecular flexibility index (Phi) is 8.16. The SMILES string of the molecule is CC1=C(C(=O)Nc2ccccc2)[C@@H](c2cccs2)C(C#N)=C(SCC(=O)Nc2ccc(C)c(Cl)c2)N1. The molecule has 36 heavy (non-hydrogen) atoms. The van der Waals surface area contributed by atoms with E-state index in [9.17, 15) is 14.9 Å². The van der Waals surface area contributed by atoms with E-state index in [0.29, 0.717) is 38.3 Å². The summed E-state index contributed by atoms with van der Waals surface area (Å²) in [5.74, 6) is -0.972. The van der Waals surface area contributed by atoms with Gasteiger partial charge in [-0.1, -0.05) is 53.7 Å². The number of rotatable bonds is 7. The van der Waals surface area contributed by atoms with E-state index in [2.05, 4.69) is 22.0 Å². The standard InChI is InChI=1S/C27H23ClN4O2S2/c1-16-10-11-19(13-21(16)28)31-23(33)15-36-27-20(14-29)25(22-9-6-12-35-22)24(17(2)30-27)26(34)32-18-7-4-3-5-8-18/h3-13,25,30H,15H2,1-2H3,(H,31,33)(H,32,34)/t25-/m1/s1.